The quantitative estimate of drug-likeness (QED) is 0.203. The van der Waals surface area contributed by atoms with Gasteiger partial charge < -0.3 is 0 Å². The zero-order chi connectivity index (χ0) is 24.4. The van der Waals surface area contributed by atoms with Crippen molar-refractivity contribution in [1.29, 1.82) is 0 Å². The SMILES string of the molecule is CCCCCCCC/C=C/c1cnc(-c2ccc(CCCCCCCCCC)c(F)c2F)nc1. The zero-order valence-electron chi connectivity index (χ0n) is 21.4. The number of aryl methyl sites for hydroxylation is 1. The molecule has 0 aliphatic rings. The molecule has 0 bridgehead atoms. The van der Waals surface area contributed by atoms with E-state index in [2.05, 4.69) is 29.9 Å². The molecule has 34 heavy (non-hydrogen) atoms. The van der Waals surface area contributed by atoms with Crippen molar-refractivity contribution >= 4 is 6.08 Å². The van der Waals surface area contributed by atoms with E-state index in [0.717, 1.165) is 24.8 Å². The van der Waals surface area contributed by atoms with E-state index < -0.39 is 11.6 Å². The molecule has 188 valence electrons. The number of benzene rings is 1. The molecule has 4 heteroatoms. The number of halogens is 2. The van der Waals surface area contributed by atoms with Crippen LogP contribution in [0.3, 0.4) is 0 Å². The minimum atomic E-state index is -0.844. The second-order valence-electron chi connectivity index (χ2n) is 9.42. The second kappa shape index (κ2) is 17.4. The van der Waals surface area contributed by atoms with E-state index in [1.54, 1.807) is 24.5 Å². The molecule has 0 radical (unpaired) electrons. The largest absolute Gasteiger partial charge is 0.236 e. The third-order valence-electron chi connectivity index (χ3n) is 6.41. The molecule has 1 aromatic heterocycles. The fraction of sp³-hybridized carbons (Fsp3) is 0.600. The minimum absolute atomic E-state index is 0.125. The van der Waals surface area contributed by atoms with Crippen LogP contribution in [0.25, 0.3) is 17.5 Å². The lowest BCUT2D eigenvalue weighted by Crippen LogP contribution is -2.00. The Kier molecular flexibility index (Phi) is 14.4. The number of nitrogens with zero attached hydrogens (tertiary/aromatic N) is 2. The molecule has 0 unspecified atom stereocenters. The van der Waals surface area contributed by atoms with Gasteiger partial charge in [-0.25, -0.2) is 18.7 Å². The Bertz CT molecular complexity index is 830. The van der Waals surface area contributed by atoms with Gasteiger partial charge in [-0.05, 0) is 37.3 Å². The van der Waals surface area contributed by atoms with Gasteiger partial charge in [-0.15, -0.1) is 0 Å². The van der Waals surface area contributed by atoms with E-state index in [0.29, 0.717) is 12.0 Å². The lowest BCUT2D eigenvalue weighted by molar-refractivity contribution is 0.496. The van der Waals surface area contributed by atoms with Gasteiger partial charge in [-0.1, -0.05) is 109 Å². The van der Waals surface area contributed by atoms with Crippen molar-refractivity contribution in [3.63, 3.8) is 0 Å². The topological polar surface area (TPSA) is 25.8 Å². The smallest absolute Gasteiger partial charge is 0.170 e. The minimum Gasteiger partial charge on any atom is -0.236 e. The summed E-state index contributed by atoms with van der Waals surface area (Å²) in [6.45, 7) is 4.45. The molecule has 0 N–H and O–H groups in total. The molecule has 1 heterocycles. The van der Waals surface area contributed by atoms with E-state index in [1.165, 1.54) is 77.0 Å². The molecule has 0 saturated heterocycles. The van der Waals surface area contributed by atoms with Gasteiger partial charge in [0.1, 0.15) is 0 Å². The zero-order valence-corrected chi connectivity index (χ0v) is 21.4. The molecular formula is C30H44F2N2. The van der Waals surface area contributed by atoms with Gasteiger partial charge in [0.05, 0.1) is 5.56 Å². The Balaban J connectivity index is 1.79. The molecule has 0 amide bonds. The first-order valence-corrected chi connectivity index (χ1v) is 13.6. The average molecular weight is 471 g/mol. The van der Waals surface area contributed by atoms with Crippen LogP contribution in [0.15, 0.2) is 30.6 Å². The number of hydrogen-bond acceptors (Lipinski definition) is 2. The van der Waals surface area contributed by atoms with Crippen LogP contribution in [0.5, 0.6) is 0 Å². The molecule has 2 rings (SSSR count). The third kappa shape index (κ3) is 10.4. The first-order chi connectivity index (χ1) is 16.7. The van der Waals surface area contributed by atoms with E-state index in [1.807, 2.05) is 6.08 Å². The molecule has 1 aromatic carbocycles. The van der Waals surface area contributed by atoms with Gasteiger partial charge in [0.2, 0.25) is 0 Å². The van der Waals surface area contributed by atoms with Gasteiger partial charge in [0.15, 0.2) is 17.5 Å². The van der Waals surface area contributed by atoms with E-state index in [4.69, 9.17) is 0 Å². The van der Waals surface area contributed by atoms with Crippen molar-refractivity contribution in [3.05, 3.63) is 53.4 Å². The Morgan fingerprint density at radius 3 is 1.85 bits per heavy atom. The Morgan fingerprint density at radius 2 is 1.24 bits per heavy atom. The summed E-state index contributed by atoms with van der Waals surface area (Å²) >= 11 is 0. The first-order valence-electron chi connectivity index (χ1n) is 13.6. The number of rotatable bonds is 18. The summed E-state index contributed by atoms with van der Waals surface area (Å²) in [6, 6.07) is 3.30. The summed E-state index contributed by atoms with van der Waals surface area (Å²) < 4.78 is 29.4. The molecule has 0 saturated carbocycles. The molecule has 0 spiro atoms. The molecule has 2 nitrogen and oxygen atoms in total. The standard InChI is InChI=1S/C30H44F2N2/c1-3-5-7-9-11-13-15-17-19-25-23-33-30(34-24-25)27-22-21-26(28(31)29(27)32)20-18-16-14-12-10-8-6-4-2/h17,19,21-24H,3-16,18,20H2,1-2H3/b19-17+. The molecule has 0 atom stereocenters. The van der Waals surface area contributed by atoms with Crippen LogP contribution >= 0.6 is 0 Å². The molecular weight excluding hydrogens is 426 g/mol. The summed E-state index contributed by atoms with van der Waals surface area (Å²) in [7, 11) is 0. The van der Waals surface area contributed by atoms with Gasteiger partial charge in [-0.3, -0.25) is 0 Å². The Hall–Kier alpha value is -2.10. The highest BCUT2D eigenvalue weighted by Crippen LogP contribution is 2.25. The monoisotopic (exact) mass is 470 g/mol. The van der Waals surface area contributed by atoms with Crippen LogP contribution in [0.2, 0.25) is 0 Å². The summed E-state index contributed by atoms with van der Waals surface area (Å²) in [5, 5.41) is 0. The highest BCUT2D eigenvalue weighted by molar-refractivity contribution is 5.58. The number of allylic oxidation sites excluding steroid dienone is 1. The van der Waals surface area contributed by atoms with Crippen LogP contribution in [0, 0.1) is 11.6 Å². The highest BCUT2D eigenvalue weighted by Gasteiger charge is 2.16. The van der Waals surface area contributed by atoms with Crippen molar-refractivity contribution in [2.45, 2.75) is 117 Å². The Labute approximate surface area is 206 Å². The maximum absolute atomic E-state index is 14.7. The molecule has 0 aliphatic heterocycles. The lowest BCUT2D eigenvalue weighted by atomic mass is 10.0. The molecule has 2 aromatic rings. The fourth-order valence-electron chi connectivity index (χ4n) is 4.23. The van der Waals surface area contributed by atoms with E-state index >= 15 is 0 Å². The third-order valence-corrected chi connectivity index (χ3v) is 6.41. The van der Waals surface area contributed by atoms with Crippen LogP contribution < -0.4 is 0 Å². The normalized spacial score (nSPS) is 11.5. The number of hydrogen-bond donors (Lipinski definition) is 0. The number of unbranched alkanes of at least 4 members (excludes halogenated alkanes) is 13. The van der Waals surface area contributed by atoms with Crippen molar-refractivity contribution in [1.82, 2.24) is 9.97 Å². The first kappa shape index (κ1) is 28.1. The van der Waals surface area contributed by atoms with Crippen LogP contribution in [-0.4, -0.2) is 9.97 Å². The van der Waals surface area contributed by atoms with Crippen molar-refractivity contribution < 1.29 is 8.78 Å². The maximum Gasteiger partial charge on any atom is 0.170 e. The average Bonchev–Trinajstić information content (AvgIpc) is 2.85. The molecule has 0 fully saturated rings. The maximum atomic E-state index is 14.7. The van der Waals surface area contributed by atoms with Crippen LogP contribution in [0.4, 0.5) is 8.78 Å². The lowest BCUT2D eigenvalue weighted by Gasteiger charge is -2.08. The van der Waals surface area contributed by atoms with Crippen molar-refractivity contribution in [2.75, 3.05) is 0 Å². The van der Waals surface area contributed by atoms with Gasteiger partial charge in [-0.2, -0.15) is 0 Å². The van der Waals surface area contributed by atoms with Crippen molar-refractivity contribution in [2.24, 2.45) is 0 Å². The Morgan fingerprint density at radius 1 is 0.676 bits per heavy atom. The predicted octanol–water partition coefficient (Wildman–Crippen LogP) is 9.87. The van der Waals surface area contributed by atoms with Crippen LogP contribution in [-0.2, 0) is 6.42 Å². The summed E-state index contributed by atoms with van der Waals surface area (Å²) in [4.78, 5) is 8.55. The number of aromatic nitrogens is 2. The van der Waals surface area contributed by atoms with E-state index in [-0.39, 0.29) is 11.4 Å². The van der Waals surface area contributed by atoms with Gasteiger partial charge in [0.25, 0.3) is 0 Å². The summed E-state index contributed by atoms with van der Waals surface area (Å²) in [5.41, 5.74) is 1.45. The summed E-state index contributed by atoms with van der Waals surface area (Å²) in [6.07, 6.45) is 26.3. The van der Waals surface area contributed by atoms with E-state index in [9.17, 15) is 8.78 Å². The van der Waals surface area contributed by atoms with Gasteiger partial charge >= 0.3 is 0 Å². The summed E-state index contributed by atoms with van der Waals surface area (Å²) in [5.74, 6) is -1.38. The highest BCUT2D eigenvalue weighted by atomic mass is 19.2. The second-order valence-corrected chi connectivity index (χ2v) is 9.42. The predicted molar refractivity (Wildman–Crippen MR) is 141 cm³/mol. The van der Waals surface area contributed by atoms with Crippen molar-refractivity contribution in [3.8, 4) is 11.4 Å². The van der Waals surface area contributed by atoms with Gasteiger partial charge in [0, 0.05) is 18.0 Å². The molecule has 0 aliphatic carbocycles. The van der Waals surface area contributed by atoms with Crippen LogP contribution in [0.1, 0.15) is 121 Å². The fourth-order valence-corrected chi connectivity index (χ4v) is 4.23.